The fourth-order valence-corrected chi connectivity index (χ4v) is 0.900. The lowest BCUT2D eigenvalue weighted by Gasteiger charge is -2.19. The molecular weight excluding hydrogens is 214 g/mol. The van der Waals surface area contributed by atoms with E-state index in [2.05, 4.69) is 15.6 Å². The van der Waals surface area contributed by atoms with Gasteiger partial charge in [0.15, 0.2) is 0 Å². The van der Waals surface area contributed by atoms with E-state index < -0.39 is 17.5 Å². The Labute approximate surface area is 91.9 Å². The quantitative estimate of drug-likeness (QED) is 0.706. The number of oxazole rings is 1. The lowest BCUT2D eigenvalue weighted by Crippen LogP contribution is -2.43. The fourth-order valence-electron chi connectivity index (χ4n) is 0.900. The van der Waals surface area contributed by atoms with E-state index in [0.29, 0.717) is 0 Å². The first-order valence-corrected chi connectivity index (χ1v) is 4.56. The molecule has 0 unspecified atom stereocenters. The van der Waals surface area contributed by atoms with E-state index in [9.17, 15) is 9.59 Å². The molecule has 7 nitrogen and oxygen atoms in total. The van der Waals surface area contributed by atoms with Crippen molar-refractivity contribution in [3.8, 4) is 0 Å². The number of aromatic carboxylic acids is 1. The van der Waals surface area contributed by atoms with E-state index in [1.165, 1.54) is 0 Å². The Hall–Kier alpha value is -2.05. The normalized spacial score (nSPS) is 10.9. The van der Waals surface area contributed by atoms with Crippen LogP contribution in [0.25, 0.3) is 0 Å². The second kappa shape index (κ2) is 4.21. The highest BCUT2D eigenvalue weighted by atomic mass is 16.4. The molecule has 0 spiro atoms. The fraction of sp³-hybridized carbons (Fsp3) is 0.444. The maximum Gasteiger partial charge on any atom is 0.373 e. The Morgan fingerprint density at radius 2 is 2.06 bits per heavy atom. The molecule has 1 heterocycles. The van der Waals surface area contributed by atoms with Crippen molar-refractivity contribution >= 4 is 18.0 Å². The van der Waals surface area contributed by atoms with Crippen LogP contribution < -0.4 is 10.6 Å². The van der Waals surface area contributed by atoms with Crippen molar-refractivity contribution in [2.45, 2.75) is 26.3 Å². The standard InChI is InChI=1S/C9H13N3O4/c1-9(2,3)12-7(15)11-8-10-4-5(16-8)6(13)14/h4H,1-3H3,(H,13,14)(H2,10,11,12,15). The number of nitrogens with one attached hydrogen (secondary N) is 2. The molecule has 0 bridgehead atoms. The summed E-state index contributed by atoms with van der Waals surface area (Å²) in [5.74, 6) is -1.57. The molecule has 88 valence electrons. The molecule has 1 aromatic rings. The molecule has 0 aliphatic carbocycles. The highest BCUT2D eigenvalue weighted by Gasteiger charge is 2.16. The van der Waals surface area contributed by atoms with Crippen molar-refractivity contribution in [1.82, 2.24) is 10.3 Å². The van der Waals surface area contributed by atoms with Crippen LogP contribution in [-0.4, -0.2) is 27.6 Å². The summed E-state index contributed by atoms with van der Waals surface area (Å²) in [5, 5.41) is 13.4. The summed E-state index contributed by atoms with van der Waals surface area (Å²) in [7, 11) is 0. The number of carboxylic acids is 1. The van der Waals surface area contributed by atoms with E-state index in [0.717, 1.165) is 6.20 Å². The van der Waals surface area contributed by atoms with Crippen LogP contribution in [0.2, 0.25) is 0 Å². The number of carboxylic acid groups (broad SMARTS) is 1. The van der Waals surface area contributed by atoms with Crippen LogP contribution in [0.15, 0.2) is 10.6 Å². The molecule has 0 radical (unpaired) electrons. The molecule has 3 N–H and O–H groups in total. The number of urea groups is 1. The third-order valence-electron chi connectivity index (χ3n) is 1.43. The summed E-state index contributed by atoms with van der Waals surface area (Å²) in [6.45, 7) is 5.43. The van der Waals surface area contributed by atoms with E-state index in [4.69, 9.17) is 9.52 Å². The van der Waals surface area contributed by atoms with Gasteiger partial charge in [-0.25, -0.2) is 14.6 Å². The van der Waals surface area contributed by atoms with Crippen LogP contribution in [0, 0.1) is 0 Å². The van der Waals surface area contributed by atoms with Gasteiger partial charge in [-0.05, 0) is 20.8 Å². The summed E-state index contributed by atoms with van der Waals surface area (Å²) in [6.07, 6.45) is 1.02. The van der Waals surface area contributed by atoms with Crippen molar-refractivity contribution in [2.24, 2.45) is 0 Å². The van der Waals surface area contributed by atoms with Gasteiger partial charge in [0.25, 0.3) is 0 Å². The van der Waals surface area contributed by atoms with Gasteiger partial charge in [-0.1, -0.05) is 0 Å². The van der Waals surface area contributed by atoms with Gasteiger partial charge < -0.3 is 14.8 Å². The Bertz CT molecular complexity index is 405. The number of carbonyl (C=O) groups excluding carboxylic acids is 1. The Morgan fingerprint density at radius 1 is 1.44 bits per heavy atom. The third-order valence-corrected chi connectivity index (χ3v) is 1.43. The maximum absolute atomic E-state index is 11.3. The topological polar surface area (TPSA) is 104 Å². The van der Waals surface area contributed by atoms with Crippen molar-refractivity contribution in [1.29, 1.82) is 0 Å². The van der Waals surface area contributed by atoms with Crippen molar-refractivity contribution in [3.63, 3.8) is 0 Å². The van der Waals surface area contributed by atoms with Gasteiger partial charge in [0, 0.05) is 5.54 Å². The van der Waals surface area contributed by atoms with Crippen molar-refractivity contribution in [3.05, 3.63) is 12.0 Å². The van der Waals surface area contributed by atoms with E-state index in [1.807, 2.05) is 20.8 Å². The van der Waals surface area contributed by atoms with Crippen LogP contribution >= 0.6 is 0 Å². The lowest BCUT2D eigenvalue weighted by molar-refractivity contribution is 0.0663. The summed E-state index contributed by atoms with van der Waals surface area (Å²) in [5.41, 5.74) is -0.397. The predicted octanol–water partition coefficient (Wildman–Crippen LogP) is 1.29. The number of anilines is 1. The van der Waals surface area contributed by atoms with Gasteiger partial charge in [0.2, 0.25) is 5.76 Å². The number of carbonyl (C=O) groups is 2. The second-order valence-electron chi connectivity index (χ2n) is 4.16. The van der Waals surface area contributed by atoms with Crippen LogP contribution in [-0.2, 0) is 0 Å². The highest BCUT2D eigenvalue weighted by Crippen LogP contribution is 2.08. The van der Waals surface area contributed by atoms with Crippen LogP contribution in [0.5, 0.6) is 0 Å². The van der Waals surface area contributed by atoms with Crippen LogP contribution in [0.3, 0.4) is 0 Å². The Kier molecular flexibility index (Phi) is 3.17. The first-order chi connectivity index (χ1) is 7.28. The zero-order valence-corrected chi connectivity index (χ0v) is 9.20. The predicted molar refractivity (Wildman–Crippen MR) is 55.4 cm³/mol. The summed E-state index contributed by atoms with van der Waals surface area (Å²) in [6, 6.07) is -0.662. The number of nitrogens with zero attached hydrogens (tertiary/aromatic N) is 1. The largest absolute Gasteiger partial charge is 0.475 e. The summed E-state index contributed by atoms with van der Waals surface area (Å²) in [4.78, 5) is 25.4. The minimum absolute atomic E-state index is 0.154. The van der Waals surface area contributed by atoms with Crippen molar-refractivity contribution in [2.75, 3.05) is 5.32 Å². The summed E-state index contributed by atoms with van der Waals surface area (Å²) >= 11 is 0. The molecule has 7 heteroatoms. The minimum atomic E-state index is -1.24. The summed E-state index contributed by atoms with van der Waals surface area (Å²) < 4.78 is 4.75. The van der Waals surface area contributed by atoms with Gasteiger partial charge in [-0.2, -0.15) is 0 Å². The number of rotatable bonds is 2. The molecule has 16 heavy (non-hydrogen) atoms. The second-order valence-corrected chi connectivity index (χ2v) is 4.16. The molecular formula is C9H13N3O4. The molecule has 1 aromatic heterocycles. The van der Waals surface area contributed by atoms with Crippen LogP contribution in [0.1, 0.15) is 31.3 Å². The average molecular weight is 227 g/mol. The van der Waals surface area contributed by atoms with Gasteiger partial charge >= 0.3 is 18.0 Å². The molecule has 0 saturated heterocycles. The average Bonchev–Trinajstić information content (AvgIpc) is 2.48. The van der Waals surface area contributed by atoms with E-state index >= 15 is 0 Å². The zero-order chi connectivity index (χ0) is 12.3. The molecule has 1 rings (SSSR count). The smallest absolute Gasteiger partial charge is 0.373 e. The van der Waals surface area contributed by atoms with Gasteiger partial charge in [0.1, 0.15) is 0 Å². The zero-order valence-electron chi connectivity index (χ0n) is 9.20. The lowest BCUT2D eigenvalue weighted by atomic mass is 10.1. The molecule has 0 aliphatic rings. The maximum atomic E-state index is 11.3. The van der Waals surface area contributed by atoms with Gasteiger partial charge in [-0.15, -0.1) is 0 Å². The van der Waals surface area contributed by atoms with E-state index in [1.54, 1.807) is 0 Å². The number of amides is 2. The third kappa shape index (κ3) is 3.60. The Morgan fingerprint density at radius 3 is 2.50 bits per heavy atom. The monoisotopic (exact) mass is 227 g/mol. The first kappa shape index (κ1) is 12.0. The SMILES string of the molecule is CC(C)(C)NC(=O)Nc1ncc(C(=O)O)o1. The minimum Gasteiger partial charge on any atom is -0.475 e. The molecule has 0 saturated carbocycles. The number of aromatic nitrogens is 1. The number of hydrogen-bond donors (Lipinski definition) is 3. The highest BCUT2D eigenvalue weighted by molar-refractivity contribution is 5.88. The number of hydrogen-bond acceptors (Lipinski definition) is 4. The van der Waals surface area contributed by atoms with Gasteiger partial charge in [-0.3, -0.25) is 5.32 Å². The molecule has 0 aromatic carbocycles. The van der Waals surface area contributed by atoms with Crippen molar-refractivity contribution < 1.29 is 19.1 Å². The first-order valence-electron chi connectivity index (χ1n) is 4.56. The van der Waals surface area contributed by atoms with Crippen LogP contribution in [0.4, 0.5) is 10.8 Å². The molecule has 0 atom stereocenters. The van der Waals surface area contributed by atoms with E-state index in [-0.39, 0.29) is 11.8 Å². The molecule has 2 amide bonds. The molecule has 0 aliphatic heterocycles. The Balaban J connectivity index is 2.60. The molecule has 0 fully saturated rings. The van der Waals surface area contributed by atoms with Gasteiger partial charge in [0.05, 0.1) is 6.20 Å².